The summed E-state index contributed by atoms with van der Waals surface area (Å²) in [6, 6.07) is 8.72. The molecule has 1 aromatic carbocycles. The summed E-state index contributed by atoms with van der Waals surface area (Å²) >= 11 is 3.42. The molecule has 0 amide bonds. The van der Waals surface area contributed by atoms with Gasteiger partial charge >= 0.3 is 0 Å². The summed E-state index contributed by atoms with van der Waals surface area (Å²) in [7, 11) is 1.62. The molecule has 0 aliphatic carbocycles. The van der Waals surface area contributed by atoms with Crippen molar-refractivity contribution < 1.29 is 9.13 Å². The smallest absolute Gasteiger partial charge is 0.142 e. The Bertz CT molecular complexity index is 560. The van der Waals surface area contributed by atoms with E-state index >= 15 is 0 Å². The highest BCUT2D eigenvalue weighted by Gasteiger charge is 2.10. The lowest BCUT2D eigenvalue weighted by Crippen LogP contribution is -2.09. The Balaban J connectivity index is 2.20. The molecule has 1 aromatic heterocycles. The Hall–Kier alpha value is -1.62. The molecule has 0 spiro atoms. The molecule has 0 bridgehead atoms. The number of hydrogen-bond acceptors (Lipinski definition) is 3. The van der Waals surface area contributed by atoms with Gasteiger partial charge in [0.05, 0.1) is 30.7 Å². The van der Waals surface area contributed by atoms with Gasteiger partial charge in [0.25, 0.3) is 0 Å². The minimum Gasteiger partial charge on any atom is -0.495 e. The Labute approximate surface area is 119 Å². The van der Waals surface area contributed by atoms with Crippen molar-refractivity contribution in [2.24, 2.45) is 0 Å². The lowest BCUT2D eigenvalue weighted by Gasteiger charge is -2.17. The SMILES string of the molecule is COc1ccc(Br)cc1NC(C)c1ccc(F)cn1. The van der Waals surface area contributed by atoms with Crippen LogP contribution in [-0.4, -0.2) is 12.1 Å². The van der Waals surface area contributed by atoms with Crippen molar-refractivity contribution in [1.82, 2.24) is 4.98 Å². The van der Waals surface area contributed by atoms with Gasteiger partial charge in [-0.05, 0) is 37.3 Å². The van der Waals surface area contributed by atoms with E-state index in [9.17, 15) is 4.39 Å². The van der Waals surface area contributed by atoms with Gasteiger partial charge in [-0.1, -0.05) is 15.9 Å². The number of anilines is 1. The maximum atomic E-state index is 12.8. The molecule has 100 valence electrons. The van der Waals surface area contributed by atoms with E-state index in [-0.39, 0.29) is 11.9 Å². The first-order chi connectivity index (χ1) is 9.10. The Morgan fingerprint density at radius 1 is 1.32 bits per heavy atom. The lowest BCUT2D eigenvalue weighted by molar-refractivity contribution is 0.416. The highest BCUT2D eigenvalue weighted by atomic mass is 79.9. The molecular formula is C14H14BrFN2O. The summed E-state index contributed by atoms with van der Waals surface area (Å²) in [6.07, 6.45) is 1.21. The fourth-order valence-corrected chi connectivity index (χ4v) is 2.10. The van der Waals surface area contributed by atoms with Crippen molar-refractivity contribution in [2.45, 2.75) is 13.0 Å². The van der Waals surface area contributed by atoms with Crippen LogP contribution in [0.3, 0.4) is 0 Å². The van der Waals surface area contributed by atoms with Crippen LogP contribution < -0.4 is 10.1 Å². The van der Waals surface area contributed by atoms with Gasteiger partial charge in [0, 0.05) is 4.47 Å². The van der Waals surface area contributed by atoms with Crippen LogP contribution >= 0.6 is 15.9 Å². The van der Waals surface area contributed by atoms with Crippen molar-refractivity contribution in [3.63, 3.8) is 0 Å². The van der Waals surface area contributed by atoms with Gasteiger partial charge in [0.2, 0.25) is 0 Å². The second-order valence-electron chi connectivity index (χ2n) is 4.11. The zero-order valence-corrected chi connectivity index (χ0v) is 12.2. The van der Waals surface area contributed by atoms with Crippen molar-refractivity contribution in [3.8, 4) is 5.75 Å². The van der Waals surface area contributed by atoms with Crippen LogP contribution in [0.15, 0.2) is 41.0 Å². The Kier molecular flexibility index (Phi) is 4.37. The number of halogens is 2. The zero-order chi connectivity index (χ0) is 13.8. The normalized spacial score (nSPS) is 12.0. The van der Waals surface area contributed by atoms with Crippen LogP contribution in [-0.2, 0) is 0 Å². The van der Waals surface area contributed by atoms with E-state index in [0.717, 1.165) is 21.6 Å². The molecule has 1 atom stereocenters. The van der Waals surface area contributed by atoms with Gasteiger partial charge in [-0.2, -0.15) is 0 Å². The highest BCUT2D eigenvalue weighted by Crippen LogP contribution is 2.30. The average molecular weight is 325 g/mol. The van der Waals surface area contributed by atoms with Crippen molar-refractivity contribution >= 4 is 21.6 Å². The monoisotopic (exact) mass is 324 g/mol. The molecule has 0 saturated heterocycles. The summed E-state index contributed by atoms with van der Waals surface area (Å²) in [5, 5.41) is 3.30. The van der Waals surface area contributed by atoms with Crippen LogP contribution in [0.2, 0.25) is 0 Å². The number of aromatic nitrogens is 1. The first-order valence-corrected chi connectivity index (χ1v) is 6.61. The summed E-state index contributed by atoms with van der Waals surface area (Å²) in [4.78, 5) is 4.06. The van der Waals surface area contributed by atoms with Gasteiger partial charge in [-0.25, -0.2) is 4.39 Å². The molecule has 0 saturated carbocycles. The molecule has 2 aromatic rings. The Morgan fingerprint density at radius 3 is 2.74 bits per heavy atom. The summed E-state index contributed by atoms with van der Waals surface area (Å²) in [5.74, 6) is 0.410. The van der Waals surface area contributed by atoms with Crippen LogP contribution in [0.1, 0.15) is 18.7 Å². The number of benzene rings is 1. The molecule has 0 radical (unpaired) electrons. The molecule has 3 nitrogen and oxygen atoms in total. The lowest BCUT2D eigenvalue weighted by atomic mass is 10.2. The van der Waals surface area contributed by atoms with Crippen LogP contribution in [0.5, 0.6) is 5.75 Å². The third-order valence-electron chi connectivity index (χ3n) is 2.73. The number of methoxy groups -OCH3 is 1. The topological polar surface area (TPSA) is 34.1 Å². The first kappa shape index (κ1) is 13.8. The van der Waals surface area contributed by atoms with Crippen molar-refractivity contribution in [3.05, 3.63) is 52.5 Å². The van der Waals surface area contributed by atoms with E-state index in [2.05, 4.69) is 26.2 Å². The minimum absolute atomic E-state index is 0.0520. The number of hydrogen-bond donors (Lipinski definition) is 1. The van der Waals surface area contributed by atoms with E-state index in [0.29, 0.717) is 0 Å². The predicted molar refractivity (Wildman–Crippen MR) is 76.9 cm³/mol. The largest absolute Gasteiger partial charge is 0.495 e. The third kappa shape index (κ3) is 3.44. The summed E-state index contributed by atoms with van der Waals surface area (Å²) in [6.45, 7) is 1.96. The molecule has 19 heavy (non-hydrogen) atoms. The summed E-state index contributed by atoms with van der Waals surface area (Å²) < 4.78 is 19.1. The van der Waals surface area contributed by atoms with Gasteiger partial charge < -0.3 is 10.1 Å². The maximum absolute atomic E-state index is 12.8. The van der Waals surface area contributed by atoms with Crippen LogP contribution in [0.4, 0.5) is 10.1 Å². The molecule has 5 heteroatoms. The van der Waals surface area contributed by atoms with Crippen molar-refractivity contribution in [1.29, 1.82) is 0 Å². The molecule has 1 heterocycles. The fraction of sp³-hybridized carbons (Fsp3) is 0.214. The molecule has 1 N–H and O–H groups in total. The maximum Gasteiger partial charge on any atom is 0.142 e. The molecule has 0 aliphatic rings. The number of rotatable bonds is 4. The van der Waals surface area contributed by atoms with Gasteiger partial charge in [-0.15, -0.1) is 0 Å². The number of pyridine rings is 1. The van der Waals surface area contributed by atoms with E-state index in [4.69, 9.17) is 4.74 Å². The van der Waals surface area contributed by atoms with E-state index in [1.165, 1.54) is 12.3 Å². The van der Waals surface area contributed by atoms with E-state index in [1.807, 2.05) is 25.1 Å². The zero-order valence-electron chi connectivity index (χ0n) is 10.7. The Morgan fingerprint density at radius 2 is 2.11 bits per heavy atom. The second kappa shape index (κ2) is 6.02. The highest BCUT2D eigenvalue weighted by molar-refractivity contribution is 9.10. The van der Waals surface area contributed by atoms with Gasteiger partial charge in [0.1, 0.15) is 11.6 Å². The number of ether oxygens (including phenoxy) is 1. The molecule has 0 aliphatic heterocycles. The first-order valence-electron chi connectivity index (χ1n) is 5.81. The molecule has 0 fully saturated rings. The van der Waals surface area contributed by atoms with Crippen LogP contribution in [0, 0.1) is 5.82 Å². The quantitative estimate of drug-likeness (QED) is 0.916. The van der Waals surface area contributed by atoms with E-state index < -0.39 is 0 Å². The predicted octanol–water partition coefficient (Wildman–Crippen LogP) is 4.16. The number of nitrogens with zero attached hydrogens (tertiary/aromatic N) is 1. The molecule has 1 unspecified atom stereocenters. The average Bonchev–Trinajstić information content (AvgIpc) is 2.39. The van der Waals surface area contributed by atoms with Crippen molar-refractivity contribution in [2.75, 3.05) is 12.4 Å². The molecule has 2 rings (SSSR count). The fourth-order valence-electron chi connectivity index (χ4n) is 1.74. The summed E-state index contributed by atoms with van der Waals surface area (Å²) in [5.41, 5.74) is 1.62. The second-order valence-corrected chi connectivity index (χ2v) is 5.03. The van der Waals surface area contributed by atoms with E-state index in [1.54, 1.807) is 13.2 Å². The molecular weight excluding hydrogens is 311 g/mol. The third-order valence-corrected chi connectivity index (χ3v) is 3.22. The van der Waals surface area contributed by atoms with Gasteiger partial charge in [-0.3, -0.25) is 4.98 Å². The van der Waals surface area contributed by atoms with Gasteiger partial charge in [0.15, 0.2) is 0 Å². The van der Waals surface area contributed by atoms with Crippen LogP contribution in [0.25, 0.3) is 0 Å². The minimum atomic E-state index is -0.337. The number of nitrogens with one attached hydrogen (secondary N) is 1. The standard InChI is InChI=1S/C14H14BrFN2O/c1-9(12-5-4-11(16)8-17-12)18-13-7-10(15)3-6-14(13)19-2/h3-9,18H,1-2H3.